The Morgan fingerprint density at radius 3 is 2.38 bits per heavy atom. The van der Waals surface area contributed by atoms with Gasteiger partial charge in [0.2, 0.25) is 0 Å². The number of hydrogen-bond acceptors (Lipinski definition) is 2. The second-order valence-corrected chi connectivity index (χ2v) is 6.80. The third-order valence-corrected chi connectivity index (χ3v) is 4.68. The van der Waals surface area contributed by atoms with Crippen molar-refractivity contribution < 1.29 is 4.79 Å². The number of rotatable bonds is 3. The summed E-state index contributed by atoms with van der Waals surface area (Å²) in [5.41, 5.74) is 3.21. The Bertz CT molecular complexity index is 1090. The van der Waals surface area contributed by atoms with Gasteiger partial charge in [-0.2, -0.15) is 0 Å². The van der Waals surface area contributed by atoms with Crippen LogP contribution in [0.3, 0.4) is 0 Å². The molecule has 0 atom stereocenters. The van der Waals surface area contributed by atoms with Gasteiger partial charge in [-0.3, -0.25) is 4.79 Å². The Morgan fingerprint density at radius 2 is 1.54 bits per heavy atom. The van der Waals surface area contributed by atoms with Gasteiger partial charge in [0.05, 0.1) is 0 Å². The number of halogens is 1. The number of carbonyl (C=O) groups is 1. The monoisotopic (exact) mass is 402 g/mol. The summed E-state index contributed by atoms with van der Waals surface area (Å²) in [6.07, 6.45) is 1.62. The lowest BCUT2D eigenvalue weighted by molar-refractivity contribution is 0.102. The quantitative estimate of drug-likeness (QED) is 0.462. The van der Waals surface area contributed by atoms with Crippen LogP contribution in [-0.4, -0.2) is 10.9 Å². The van der Waals surface area contributed by atoms with Crippen LogP contribution in [0.25, 0.3) is 21.9 Å². The fourth-order valence-corrected chi connectivity index (χ4v) is 3.22. The van der Waals surface area contributed by atoms with Crippen molar-refractivity contribution in [3.63, 3.8) is 0 Å². The normalized spacial score (nSPS) is 10.7. The maximum Gasteiger partial charge on any atom is 0.274 e. The molecule has 1 aromatic heterocycles. The summed E-state index contributed by atoms with van der Waals surface area (Å²) in [7, 11) is 0. The van der Waals surface area contributed by atoms with Crippen molar-refractivity contribution in [1.82, 2.24) is 4.98 Å². The summed E-state index contributed by atoms with van der Waals surface area (Å²) in [4.78, 5) is 16.8. The first kappa shape index (κ1) is 16.5. The van der Waals surface area contributed by atoms with E-state index in [1.54, 1.807) is 18.3 Å². The van der Waals surface area contributed by atoms with E-state index in [0.29, 0.717) is 5.69 Å². The van der Waals surface area contributed by atoms with Gasteiger partial charge in [-0.05, 0) is 50.5 Å². The van der Waals surface area contributed by atoms with Gasteiger partial charge in [0, 0.05) is 21.9 Å². The molecule has 1 N–H and O–H groups in total. The van der Waals surface area contributed by atoms with Crippen molar-refractivity contribution in [2.24, 2.45) is 0 Å². The predicted octanol–water partition coefficient (Wildman–Crippen LogP) is 5.92. The van der Waals surface area contributed by atoms with E-state index in [2.05, 4.69) is 50.5 Å². The van der Waals surface area contributed by atoms with Crippen LogP contribution < -0.4 is 5.32 Å². The molecule has 1 heterocycles. The number of nitrogens with zero attached hydrogens (tertiary/aromatic N) is 1. The lowest BCUT2D eigenvalue weighted by Crippen LogP contribution is -2.14. The van der Waals surface area contributed by atoms with Crippen LogP contribution >= 0.6 is 15.9 Å². The van der Waals surface area contributed by atoms with Crippen molar-refractivity contribution >= 4 is 38.3 Å². The Kier molecular flexibility index (Phi) is 4.50. The minimum Gasteiger partial charge on any atom is -0.320 e. The second kappa shape index (κ2) is 7.10. The lowest BCUT2D eigenvalue weighted by Gasteiger charge is -2.13. The number of anilines is 1. The van der Waals surface area contributed by atoms with Gasteiger partial charge >= 0.3 is 0 Å². The van der Waals surface area contributed by atoms with E-state index < -0.39 is 0 Å². The first-order chi connectivity index (χ1) is 12.7. The van der Waals surface area contributed by atoms with Crippen molar-refractivity contribution in [2.75, 3.05) is 5.32 Å². The van der Waals surface area contributed by atoms with Crippen molar-refractivity contribution in [3.8, 4) is 11.1 Å². The maximum absolute atomic E-state index is 12.6. The highest BCUT2D eigenvalue weighted by molar-refractivity contribution is 9.10. The third-order valence-electron chi connectivity index (χ3n) is 4.22. The highest BCUT2D eigenvalue weighted by Crippen LogP contribution is 2.33. The molecule has 0 radical (unpaired) electrons. The highest BCUT2D eigenvalue weighted by Gasteiger charge is 2.12. The molecule has 26 heavy (non-hydrogen) atoms. The Morgan fingerprint density at radius 1 is 0.808 bits per heavy atom. The Labute approximate surface area is 159 Å². The number of nitrogens with one attached hydrogen (secondary N) is 1. The van der Waals surface area contributed by atoms with E-state index in [0.717, 1.165) is 26.7 Å². The van der Waals surface area contributed by atoms with E-state index >= 15 is 0 Å². The SMILES string of the molecule is O=C(Nc1ccccc1-c1cccc2ccccc12)c1ccc(Br)cn1. The summed E-state index contributed by atoms with van der Waals surface area (Å²) in [5, 5.41) is 5.31. The summed E-state index contributed by atoms with van der Waals surface area (Å²) in [6, 6.07) is 25.8. The van der Waals surface area contributed by atoms with Crippen molar-refractivity contribution in [1.29, 1.82) is 0 Å². The summed E-state index contributed by atoms with van der Waals surface area (Å²) in [5.74, 6) is -0.231. The molecule has 0 bridgehead atoms. The van der Waals surface area contributed by atoms with Crippen LogP contribution in [0.1, 0.15) is 10.5 Å². The number of benzene rings is 3. The van der Waals surface area contributed by atoms with Gasteiger partial charge in [0.1, 0.15) is 5.69 Å². The number of hydrogen-bond donors (Lipinski definition) is 1. The molecule has 126 valence electrons. The molecular weight excluding hydrogens is 388 g/mol. The van der Waals surface area contributed by atoms with E-state index in [-0.39, 0.29) is 5.91 Å². The Balaban J connectivity index is 1.75. The average Bonchev–Trinajstić information content (AvgIpc) is 2.68. The molecule has 0 aliphatic heterocycles. The molecular formula is C22H15BrN2O. The minimum absolute atomic E-state index is 0.231. The van der Waals surface area contributed by atoms with Gasteiger partial charge in [0.25, 0.3) is 5.91 Å². The van der Waals surface area contributed by atoms with Crippen molar-refractivity contribution in [2.45, 2.75) is 0 Å². The fraction of sp³-hybridized carbons (Fsp3) is 0. The van der Waals surface area contributed by atoms with Gasteiger partial charge in [-0.25, -0.2) is 4.98 Å². The zero-order chi connectivity index (χ0) is 17.9. The number of pyridine rings is 1. The number of fused-ring (bicyclic) bond motifs is 1. The van der Waals surface area contributed by atoms with E-state index in [9.17, 15) is 4.79 Å². The number of aromatic nitrogens is 1. The minimum atomic E-state index is -0.231. The summed E-state index contributed by atoms with van der Waals surface area (Å²) in [6.45, 7) is 0. The van der Waals surface area contributed by atoms with Crippen LogP contribution in [0, 0.1) is 0 Å². The molecule has 3 aromatic carbocycles. The van der Waals surface area contributed by atoms with Gasteiger partial charge < -0.3 is 5.32 Å². The zero-order valence-corrected chi connectivity index (χ0v) is 15.4. The molecule has 0 spiro atoms. The van der Waals surface area contributed by atoms with Crippen LogP contribution in [0.4, 0.5) is 5.69 Å². The highest BCUT2D eigenvalue weighted by atomic mass is 79.9. The van der Waals surface area contributed by atoms with Crippen LogP contribution in [0.5, 0.6) is 0 Å². The van der Waals surface area contributed by atoms with Gasteiger partial charge in [-0.1, -0.05) is 60.7 Å². The fourth-order valence-electron chi connectivity index (χ4n) is 2.98. The molecule has 0 aliphatic carbocycles. The van der Waals surface area contributed by atoms with Crippen molar-refractivity contribution in [3.05, 3.63) is 95.2 Å². The molecule has 4 aromatic rings. The predicted molar refractivity (Wildman–Crippen MR) is 109 cm³/mol. The standard InChI is InChI=1S/C22H15BrN2O/c23-16-12-13-21(24-14-16)22(26)25-20-11-4-3-9-19(20)18-10-5-7-15-6-1-2-8-17(15)18/h1-14H,(H,25,26). The zero-order valence-electron chi connectivity index (χ0n) is 13.8. The molecule has 0 fully saturated rings. The van der Waals surface area contributed by atoms with E-state index in [1.165, 1.54) is 5.39 Å². The number of amides is 1. The molecule has 0 saturated heterocycles. The topological polar surface area (TPSA) is 42.0 Å². The van der Waals surface area contributed by atoms with Gasteiger partial charge in [-0.15, -0.1) is 0 Å². The largest absolute Gasteiger partial charge is 0.320 e. The molecule has 3 nitrogen and oxygen atoms in total. The summed E-state index contributed by atoms with van der Waals surface area (Å²) < 4.78 is 0.838. The molecule has 1 amide bonds. The number of carbonyl (C=O) groups excluding carboxylic acids is 1. The molecule has 0 saturated carbocycles. The first-order valence-corrected chi connectivity index (χ1v) is 9.02. The smallest absolute Gasteiger partial charge is 0.274 e. The van der Waals surface area contributed by atoms with E-state index in [4.69, 9.17) is 0 Å². The lowest BCUT2D eigenvalue weighted by atomic mass is 9.97. The third kappa shape index (κ3) is 3.24. The molecule has 4 rings (SSSR count). The Hall–Kier alpha value is -2.98. The number of para-hydroxylation sites is 1. The first-order valence-electron chi connectivity index (χ1n) is 8.22. The maximum atomic E-state index is 12.6. The molecule has 0 aliphatic rings. The van der Waals surface area contributed by atoms with E-state index in [1.807, 2.05) is 42.5 Å². The van der Waals surface area contributed by atoms with Crippen LogP contribution in [0.15, 0.2) is 89.5 Å². The van der Waals surface area contributed by atoms with Crippen LogP contribution in [0.2, 0.25) is 0 Å². The molecule has 0 unspecified atom stereocenters. The average molecular weight is 403 g/mol. The van der Waals surface area contributed by atoms with Gasteiger partial charge in [0.15, 0.2) is 0 Å². The molecule has 4 heteroatoms. The second-order valence-electron chi connectivity index (χ2n) is 5.89. The van der Waals surface area contributed by atoms with Crippen LogP contribution in [-0.2, 0) is 0 Å². The summed E-state index contributed by atoms with van der Waals surface area (Å²) >= 11 is 3.33.